The van der Waals surface area contributed by atoms with Crippen LogP contribution in [0.1, 0.15) is 29.4 Å². The predicted octanol–water partition coefficient (Wildman–Crippen LogP) is 5.56. The quantitative estimate of drug-likeness (QED) is 0.518. The van der Waals surface area contributed by atoms with Gasteiger partial charge in [0.15, 0.2) is 10.9 Å². The Morgan fingerprint density at radius 1 is 1.28 bits per heavy atom. The molecule has 0 fully saturated rings. The van der Waals surface area contributed by atoms with Crippen molar-refractivity contribution in [3.05, 3.63) is 45.7 Å². The molecular weight excluding hydrogens is 398 g/mol. The van der Waals surface area contributed by atoms with Crippen LogP contribution in [0.5, 0.6) is 0 Å². The Morgan fingerprint density at radius 3 is 2.64 bits per heavy atom. The second kappa shape index (κ2) is 8.25. The molecule has 0 saturated heterocycles. The van der Waals surface area contributed by atoms with Crippen molar-refractivity contribution >= 4 is 46.6 Å². The summed E-state index contributed by atoms with van der Waals surface area (Å²) in [4.78, 5) is 20.3. The molecule has 4 nitrogen and oxygen atoms in total. The van der Waals surface area contributed by atoms with Crippen LogP contribution in [-0.4, -0.2) is 21.6 Å². The third-order valence-electron chi connectivity index (χ3n) is 2.90. The van der Waals surface area contributed by atoms with Gasteiger partial charge in [0.1, 0.15) is 0 Å². The summed E-state index contributed by atoms with van der Waals surface area (Å²) >= 11 is 12.8. The molecule has 0 atom stereocenters. The predicted molar refractivity (Wildman–Crippen MR) is 92.5 cm³/mol. The highest BCUT2D eigenvalue weighted by Crippen LogP contribution is 2.36. The van der Waals surface area contributed by atoms with Crippen molar-refractivity contribution in [1.29, 1.82) is 0 Å². The van der Waals surface area contributed by atoms with Crippen molar-refractivity contribution in [2.75, 3.05) is 11.1 Å². The molecule has 1 amide bonds. The minimum Gasteiger partial charge on any atom is -0.321 e. The lowest BCUT2D eigenvalue weighted by atomic mass is 10.2. The van der Waals surface area contributed by atoms with Gasteiger partial charge in [-0.3, -0.25) is 4.79 Å². The lowest BCUT2D eigenvalue weighted by molar-refractivity contribution is -0.137. The number of rotatable bonds is 5. The molecule has 0 radical (unpaired) electrons. The number of carbonyl (C=O) groups excluding carboxylic acids is 1. The summed E-state index contributed by atoms with van der Waals surface area (Å²) in [5, 5.41) is 2.25. The number of thioether (sulfide) groups is 1. The number of halogens is 5. The van der Waals surface area contributed by atoms with E-state index in [4.69, 9.17) is 23.2 Å². The maximum Gasteiger partial charge on any atom is 0.417 e. The number of aromatic nitrogens is 2. The van der Waals surface area contributed by atoms with Crippen LogP contribution in [0.3, 0.4) is 0 Å². The molecule has 1 aromatic carbocycles. The van der Waals surface area contributed by atoms with E-state index >= 15 is 0 Å². The summed E-state index contributed by atoms with van der Waals surface area (Å²) in [5.74, 6) is 0.0237. The first-order valence-corrected chi connectivity index (χ1v) is 8.80. The van der Waals surface area contributed by atoms with E-state index in [-0.39, 0.29) is 16.4 Å². The first-order valence-electron chi connectivity index (χ1n) is 7.05. The van der Waals surface area contributed by atoms with Gasteiger partial charge in [0.25, 0.3) is 5.91 Å². The summed E-state index contributed by atoms with van der Waals surface area (Å²) < 4.78 is 38.6. The molecule has 0 bridgehead atoms. The molecule has 0 aliphatic rings. The number of hydrogen-bond donors (Lipinski definition) is 1. The number of nitrogens with one attached hydrogen (secondary N) is 1. The zero-order valence-electron chi connectivity index (χ0n) is 12.8. The largest absolute Gasteiger partial charge is 0.417 e. The van der Waals surface area contributed by atoms with Gasteiger partial charge < -0.3 is 5.32 Å². The van der Waals surface area contributed by atoms with Crippen LogP contribution < -0.4 is 5.32 Å². The molecule has 0 aliphatic carbocycles. The van der Waals surface area contributed by atoms with Crippen LogP contribution in [0.2, 0.25) is 10.0 Å². The summed E-state index contributed by atoms with van der Waals surface area (Å²) in [7, 11) is 0. The standard InChI is InChI=1S/C15H12Cl2F3N3OS/c1-2-5-25-14-21-7-11(17)12(23-14)13(24)22-8-3-4-10(16)9(6-8)15(18,19)20/h3-4,6-7H,2,5H2,1H3,(H,22,24). The number of carbonyl (C=O) groups is 1. The number of nitrogens with zero attached hydrogens (tertiary/aromatic N) is 2. The summed E-state index contributed by atoms with van der Waals surface area (Å²) in [6, 6.07) is 3.07. The Balaban J connectivity index is 2.25. The normalized spacial score (nSPS) is 11.4. The molecule has 1 N–H and O–H groups in total. The Morgan fingerprint density at radius 2 is 2.00 bits per heavy atom. The van der Waals surface area contributed by atoms with Crippen molar-refractivity contribution in [1.82, 2.24) is 9.97 Å². The van der Waals surface area contributed by atoms with Crippen LogP contribution in [-0.2, 0) is 6.18 Å². The average Bonchev–Trinajstić information content (AvgIpc) is 2.54. The molecule has 1 aromatic heterocycles. The monoisotopic (exact) mass is 409 g/mol. The van der Waals surface area contributed by atoms with E-state index in [1.54, 1.807) is 0 Å². The highest BCUT2D eigenvalue weighted by molar-refractivity contribution is 7.99. The number of alkyl halides is 3. The van der Waals surface area contributed by atoms with E-state index < -0.39 is 22.7 Å². The Bertz CT molecular complexity index is 787. The third-order valence-corrected chi connectivity index (χ3v) is 4.58. The van der Waals surface area contributed by atoms with Crippen molar-refractivity contribution in [2.24, 2.45) is 0 Å². The van der Waals surface area contributed by atoms with E-state index in [9.17, 15) is 18.0 Å². The van der Waals surface area contributed by atoms with Crippen LogP contribution in [0.4, 0.5) is 18.9 Å². The fraction of sp³-hybridized carbons (Fsp3) is 0.267. The number of amides is 1. The van der Waals surface area contributed by atoms with Crippen molar-refractivity contribution < 1.29 is 18.0 Å². The highest BCUT2D eigenvalue weighted by atomic mass is 35.5. The van der Waals surface area contributed by atoms with Gasteiger partial charge in [-0.2, -0.15) is 13.2 Å². The molecule has 0 unspecified atom stereocenters. The fourth-order valence-electron chi connectivity index (χ4n) is 1.78. The van der Waals surface area contributed by atoms with Crippen molar-refractivity contribution in [3.8, 4) is 0 Å². The molecule has 25 heavy (non-hydrogen) atoms. The molecule has 2 rings (SSSR count). The van der Waals surface area contributed by atoms with E-state index in [2.05, 4.69) is 15.3 Å². The van der Waals surface area contributed by atoms with E-state index in [0.29, 0.717) is 5.16 Å². The molecular formula is C15H12Cl2F3N3OS. The van der Waals surface area contributed by atoms with E-state index in [0.717, 1.165) is 24.3 Å². The number of hydrogen-bond acceptors (Lipinski definition) is 4. The van der Waals surface area contributed by atoms with Crippen LogP contribution >= 0.6 is 35.0 Å². The SMILES string of the molecule is CCCSc1ncc(Cl)c(C(=O)Nc2ccc(Cl)c(C(F)(F)F)c2)n1. The summed E-state index contributed by atoms with van der Waals surface area (Å²) in [6.07, 6.45) is -2.46. The van der Waals surface area contributed by atoms with Crippen LogP contribution in [0.15, 0.2) is 29.6 Å². The van der Waals surface area contributed by atoms with E-state index in [1.807, 2.05) is 6.92 Å². The summed E-state index contributed by atoms with van der Waals surface area (Å²) in [6.45, 7) is 1.98. The zero-order valence-corrected chi connectivity index (χ0v) is 15.2. The Labute approximate surface area is 156 Å². The Kier molecular flexibility index (Phi) is 6.53. The highest BCUT2D eigenvalue weighted by Gasteiger charge is 2.33. The smallest absolute Gasteiger partial charge is 0.321 e. The van der Waals surface area contributed by atoms with Gasteiger partial charge in [-0.1, -0.05) is 41.9 Å². The lowest BCUT2D eigenvalue weighted by Gasteiger charge is -2.12. The third kappa shape index (κ3) is 5.23. The second-order valence-electron chi connectivity index (χ2n) is 4.84. The maximum atomic E-state index is 12.9. The van der Waals surface area contributed by atoms with Gasteiger partial charge in [0, 0.05) is 11.4 Å². The molecule has 10 heteroatoms. The van der Waals surface area contributed by atoms with Gasteiger partial charge in [-0.15, -0.1) is 0 Å². The topological polar surface area (TPSA) is 54.9 Å². The van der Waals surface area contributed by atoms with E-state index in [1.165, 1.54) is 24.0 Å². The lowest BCUT2D eigenvalue weighted by Crippen LogP contribution is -2.16. The first kappa shape index (κ1) is 19.8. The molecule has 0 spiro atoms. The summed E-state index contributed by atoms with van der Waals surface area (Å²) in [5.41, 5.74) is -1.22. The molecule has 2 aromatic rings. The van der Waals surface area contributed by atoms with Gasteiger partial charge in [-0.25, -0.2) is 9.97 Å². The molecule has 0 saturated carbocycles. The first-order chi connectivity index (χ1) is 11.7. The average molecular weight is 410 g/mol. The number of anilines is 1. The van der Waals surface area contributed by atoms with Gasteiger partial charge in [0.2, 0.25) is 0 Å². The number of benzene rings is 1. The molecule has 0 aliphatic heterocycles. The van der Waals surface area contributed by atoms with Gasteiger partial charge >= 0.3 is 6.18 Å². The Hall–Kier alpha value is -1.51. The van der Waals surface area contributed by atoms with Crippen LogP contribution in [0, 0.1) is 0 Å². The maximum absolute atomic E-state index is 12.9. The molecule has 134 valence electrons. The zero-order chi connectivity index (χ0) is 18.6. The fourth-order valence-corrected chi connectivity index (χ4v) is 2.85. The van der Waals surface area contributed by atoms with Crippen LogP contribution in [0.25, 0.3) is 0 Å². The van der Waals surface area contributed by atoms with Crippen molar-refractivity contribution in [2.45, 2.75) is 24.7 Å². The van der Waals surface area contributed by atoms with Gasteiger partial charge in [-0.05, 0) is 24.6 Å². The minimum absolute atomic E-state index is 0.00311. The minimum atomic E-state index is -4.63. The second-order valence-corrected chi connectivity index (χ2v) is 6.72. The molecule has 1 heterocycles. The van der Waals surface area contributed by atoms with Gasteiger partial charge in [0.05, 0.1) is 21.8 Å². The van der Waals surface area contributed by atoms with Crippen molar-refractivity contribution in [3.63, 3.8) is 0 Å².